The number of carbonyl (C=O) groups is 1. The molecule has 1 unspecified atom stereocenters. The molecular weight excluding hydrogens is 380 g/mol. The van der Waals surface area contributed by atoms with Gasteiger partial charge in [0.2, 0.25) is 0 Å². The summed E-state index contributed by atoms with van der Waals surface area (Å²) in [6.45, 7) is 1.88. The molecule has 5 nitrogen and oxygen atoms in total. The summed E-state index contributed by atoms with van der Waals surface area (Å²) in [7, 11) is 1.58. The van der Waals surface area contributed by atoms with Gasteiger partial charge in [0, 0.05) is 24.6 Å². The smallest absolute Gasteiger partial charge is 0.308 e. The second-order valence-electron chi connectivity index (χ2n) is 7.19. The highest BCUT2D eigenvalue weighted by atomic mass is 16.5. The van der Waals surface area contributed by atoms with E-state index in [9.17, 15) is 4.79 Å². The van der Waals surface area contributed by atoms with E-state index in [1.165, 1.54) is 6.92 Å². The summed E-state index contributed by atoms with van der Waals surface area (Å²) in [5, 5.41) is 0. The fourth-order valence-electron chi connectivity index (χ4n) is 3.55. The van der Waals surface area contributed by atoms with Gasteiger partial charge in [-0.15, -0.1) is 0 Å². The van der Waals surface area contributed by atoms with Crippen molar-refractivity contribution in [1.29, 1.82) is 0 Å². The summed E-state index contributed by atoms with van der Waals surface area (Å²) in [4.78, 5) is 11.6. The van der Waals surface area contributed by atoms with E-state index in [1.807, 2.05) is 60.7 Å². The quantitative estimate of drug-likeness (QED) is 0.414. The largest absolute Gasteiger partial charge is 0.497 e. The second-order valence-corrected chi connectivity index (χ2v) is 7.19. The van der Waals surface area contributed by atoms with Gasteiger partial charge in [-0.3, -0.25) is 4.79 Å². The minimum atomic E-state index is -0.377. The molecule has 0 fully saturated rings. The number of carbonyl (C=O) groups excluding carboxylic acids is 1. The van der Waals surface area contributed by atoms with E-state index in [-0.39, 0.29) is 12.1 Å². The first-order valence-electron chi connectivity index (χ1n) is 9.95. The van der Waals surface area contributed by atoms with Crippen LogP contribution in [0.1, 0.15) is 36.1 Å². The molecule has 0 spiro atoms. The Hall–Kier alpha value is -3.47. The van der Waals surface area contributed by atoms with Gasteiger partial charge in [-0.25, -0.2) is 0 Å². The number of hydrogen-bond acceptors (Lipinski definition) is 5. The molecule has 0 saturated heterocycles. The number of benzene rings is 3. The zero-order valence-corrected chi connectivity index (χ0v) is 17.1. The molecule has 1 heterocycles. The van der Waals surface area contributed by atoms with Crippen molar-refractivity contribution >= 4 is 5.97 Å². The van der Waals surface area contributed by atoms with Gasteiger partial charge in [-0.05, 0) is 42.2 Å². The van der Waals surface area contributed by atoms with Gasteiger partial charge < -0.3 is 18.9 Å². The Bertz CT molecular complexity index is 1030. The van der Waals surface area contributed by atoms with Crippen molar-refractivity contribution in [3.63, 3.8) is 0 Å². The minimum absolute atomic E-state index is 0.220. The van der Waals surface area contributed by atoms with E-state index < -0.39 is 0 Å². The molecule has 1 aliphatic rings. The molecule has 30 heavy (non-hydrogen) atoms. The maximum atomic E-state index is 11.6. The molecule has 0 radical (unpaired) electrons. The number of fused-ring (bicyclic) bond motifs is 1. The van der Waals surface area contributed by atoms with Gasteiger partial charge in [0.25, 0.3) is 0 Å². The molecule has 3 aromatic rings. The van der Waals surface area contributed by atoms with Crippen molar-refractivity contribution < 1.29 is 23.7 Å². The SMILES string of the molecule is COc1ccc(C2CCc3ccc(OCc4ccccc4)cc3O2)c(OC(C)=O)c1. The Morgan fingerprint density at radius 2 is 1.83 bits per heavy atom. The zero-order chi connectivity index (χ0) is 20.9. The summed E-state index contributed by atoms with van der Waals surface area (Å²) < 4.78 is 22.9. The van der Waals surface area contributed by atoms with E-state index in [0.717, 1.165) is 41.0 Å². The van der Waals surface area contributed by atoms with Crippen LogP contribution in [0.15, 0.2) is 66.7 Å². The number of esters is 1. The van der Waals surface area contributed by atoms with E-state index in [1.54, 1.807) is 13.2 Å². The lowest BCUT2D eigenvalue weighted by Crippen LogP contribution is -2.17. The number of rotatable bonds is 6. The first-order valence-corrected chi connectivity index (χ1v) is 9.95. The third-order valence-corrected chi connectivity index (χ3v) is 5.05. The second kappa shape index (κ2) is 8.91. The van der Waals surface area contributed by atoms with Gasteiger partial charge in [0.1, 0.15) is 35.7 Å². The Kier molecular flexibility index (Phi) is 5.89. The van der Waals surface area contributed by atoms with Crippen LogP contribution in [-0.4, -0.2) is 13.1 Å². The van der Waals surface area contributed by atoms with E-state index in [2.05, 4.69) is 0 Å². The molecule has 5 heteroatoms. The summed E-state index contributed by atoms with van der Waals surface area (Å²) in [5.41, 5.74) is 3.08. The van der Waals surface area contributed by atoms with E-state index in [0.29, 0.717) is 18.1 Å². The summed E-state index contributed by atoms with van der Waals surface area (Å²) in [6, 6.07) is 21.5. The predicted molar refractivity (Wildman–Crippen MR) is 113 cm³/mol. The average Bonchev–Trinajstić information content (AvgIpc) is 2.77. The van der Waals surface area contributed by atoms with Crippen LogP contribution in [0.5, 0.6) is 23.0 Å². The summed E-state index contributed by atoms with van der Waals surface area (Å²) >= 11 is 0. The normalized spacial score (nSPS) is 14.9. The molecule has 0 saturated carbocycles. The van der Waals surface area contributed by atoms with Crippen LogP contribution in [0.25, 0.3) is 0 Å². The van der Waals surface area contributed by atoms with Crippen molar-refractivity contribution in [2.24, 2.45) is 0 Å². The van der Waals surface area contributed by atoms with Gasteiger partial charge in [-0.2, -0.15) is 0 Å². The molecule has 0 aliphatic carbocycles. The zero-order valence-electron chi connectivity index (χ0n) is 17.1. The molecular formula is C25H24O5. The number of aryl methyl sites for hydroxylation is 1. The average molecular weight is 404 g/mol. The summed E-state index contributed by atoms with van der Waals surface area (Å²) in [5.74, 6) is 2.27. The van der Waals surface area contributed by atoms with E-state index in [4.69, 9.17) is 18.9 Å². The van der Waals surface area contributed by atoms with Gasteiger partial charge in [0.15, 0.2) is 0 Å². The molecule has 3 aromatic carbocycles. The standard InChI is InChI=1S/C25H24O5/c1-17(26)29-25-14-20(27-2)11-12-22(25)23-13-9-19-8-10-21(15-24(19)30-23)28-16-18-6-4-3-5-7-18/h3-8,10-12,14-15,23H,9,13,16H2,1-2H3. The molecule has 1 atom stereocenters. The molecule has 0 bridgehead atoms. The molecule has 4 rings (SSSR count). The van der Waals surface area contributed by atoms with Gasteiger partial charge >= 0.3 is 5.97 Å². The van der Waals surface area contributed by atoms with Crippen molar-refractivity contribution in [3.05, 3.63) is 83.4 Å². The molecule has 0 aromatic heterocycles. The number of ether oxygens (including phenoxy) is 4. The fourth-order valence-corrected chi connectivity index (χ4v) is 3.55. The highest BCUT2D eigenvalue weighted by Crippen LogP contribution is 2.40. The van der Waals surface area contributed by atoms with Crippen LogP contribution >= 0.6 is 0 Å². The molecule has 0 N–H and O–H groups in total. The molecule has 154 valence electrons. The monoisotopic (exact) mass is 404 g/mol. The lowest BCUT2D eigenvalue weighted by Gasteiger charge is -2.28. The maximum Gasteiger partial charge on any atom is 0.308 e. The number of hydrogen-bond donors (Lipinski definition) is 0. The Morgan fingerprint density at radius 1 is 1.03 bits per heavy atom. The third-order valence-electron chi connectivity index (χ3n) is 5.05. The van der Waals surface area contributed by atoms with Crippen LogP contribution < -0.4 is 18.9 Å². The van der Waals surface area contributed by atoms with Gasteiger partial charge in [0.05, 0.1) is 7.11 Å². The van der Waals surface area contributed by atoms with Crippen LogP contribution in [0, 0.1) is 0 Å². The number of methoxy groups -OCH3 is 1. The van der Waals surface area contributed by atoms with Crippen LogP contribution in [-0.2, 0) is 17.8 Å². The first kappa shape index (κ1) is 19.8. The van der Waals surface area contributed by atoms with Crippen LogP contribution in [0.3, 0.4) is 0 Å². The molecule has 1 aliphatic heterocycles. The lowest BCUT2D eigenvalue weighted by atomic mass is 9.96. The Labute approximate surface area is 176 Å². The first-order chi connectivity index (χ1) is 14.6. The lowest BCUT2D eigenvalue weighted by molar-refractivity contribution is -0.132. The van der Waals surface area contributed by atoms with Crippen molar-refractivity contribution in [1.82, 2.24) is 0 Å². The Balaban J connectivity index is 1.53. The van der Waals surface area contributed by atoms with Gasteiger partial charge in [-0.1, -0.05) is 36.4 Å². The predicted octanol–water partition coefficient (Wildman–Crippen LogP) is 5.27. The van der Waals surface area contributed by atoms with Crippen LogP contribution in [0.4, 0.5) is 0 Å². The van der Waals surface area contributed by atoms with Crippen molar-refractivity contribution in [2.45, 2.75) is 32.5 Å². The highest BCUT2D eigenvalue weighted by molar-refractivity contribution is 5.70. The summed E-state index contributed by atoms with van der Waals surface area (Å²) in [6.07, 6.45) is 1.43. The maximum absolute atomic E-state index is 11.6. The molecule has 0 amide bonds. The minimum Gasteiger partial charge on any atom is -0.497 e. The van der Waals surface area contributed by atoms with Crippen molar-refractivity contribution in [2.75, 3.05) is 7.11 Å². The fraction of sp³-hybridized carbons (Fsp3) is 0.240. The van der Waals surface area contributed by atoms with E-state index >= 15 is 0 Å². The van der Waals surface area contributed by atoms with Crippen molar-refractivity contribution in [3.8, 4) is 23.0 Å². The Morgan fingerprint density at radius 3 is 2.60 bits per heavy atom. The topological polar surface area (TPSA) is 54.0 Å². The highest BCUT2D eigenvalue weighted by Gasteiger charge is 2.25. The third kappa shape index (κ3) is 4.57. The van der Waals surface area contributed by atoms with Crippen LogP contribution in [0.2, 0.25) is 0 Å².